The highest BCUT2D eigenvalue weighted by molar-refractivity contribution is 7.18. The van der Waals surface area contributed by atoms with Crippen molar-refractivity contribution in [1.82, 2.24) is 24.6 Å². The average Bonchev–Trinajstić information content (AvgIpc) is 3.13. The summed E-state index contributed by atoms with van der Waals surface area (Å²) in [7, 11) is 1.97. The first kappa shape index (κ1) is 15.3. The lowest BCUT2D eigenvalue weighted by Gasteiger charge is -2.60. The van der Waals surface area contributed by atoms with Gasteiger partial charge >= 0.3 is 0 Å². The molecule has 6 nitrogen and oxygen atoms in total. The molecule has 0 atom stereocenters. The molecular formula is C18H22N6S. The maximum absolute atomic E-state index is 4.59. The van der Waals surface area contributed by atoms with Gasteiger partial charge in [-0.2, -0.15) is 5.10 Å². The van der Waals surface area contributed by atoms with E-state index in [4.69, 9.17) is 0 Å². The second kappa shape index (κ2) is 5.51. The van der Waals surface area contributed by atoms with Gasteiger partial charge in [0.2, 0.25) is 0 Å². The number of thiophene rings is 1. The smallest absolute Gasteiger partial charge is 0.140 e. The molecule has 130 valence electrons. The summed E-state index contributed by atoms with van der Waals surface area (Å²) in [6.45, 7) is 7.70. The summed E-state index contributed by atoms with van der Waals surface area (Å²) in [6, 6.07) is 4.38. The van der Waals surface area contributed by atoms with E-state index < -0.39 is 0 Å². The summed E-state index contributed by atoms with van der Waals surface area (Å²) in [4.78, 5) is 16.5. The van der Waals surface area contributed by atoms with E-state index in [1.807, 2.05) is 17.9 Å². The minimum absolute atomic E-state index is 0.454. The van der Waals surface area contributed by atoms with Crippen LogP contribution in [0.25, 0.3) is 10.2 Å². The highest BCUT2D eigenvalue weighted by atomic mass is 32.1. The van der Waals surface area contributed by atoms with Crippen LogP contribution < -0.4 is 4.90 Å². The molecule has 2 aliphatic heterocycles. The molecular weight excluding hydrogens is 332 g/mol. The summed E-state index contributed by atoms with van der Waals surface area (Å²) < 4.78 is 1.88. The summed E-state index contributed by atoms with van der Waals surface area (Å²) in [5, 5.41) is 5.71. The molecule has 0 radical (unpaired) electrons. The predicted octanol–water partition coefficient (Wildman–Crippen LogP) is 2.31. The molecule has 5 heterocycles. The normalized spacial score (nSPS) is 19.4. The summed E-state index contributed by atoms with van der Waals surface area (Å²) in [6.07, 6.45) is 4.79. The number of fused-ring (bicyclic) bond motifs is 1. The Labute approximate surface area is 151 Å². The topological polar surface area (TPSA) is 50.1 Å². The lowest BCUT2D eigenvalue weighted by atomic mass is 9.72. The van der Waals surface area contributed by atoms with Crippen LogP contribution in [0.4, 0.5) is 5.82 Å². The zero-order valence-electron chi connectivity index (χ0n) is 14.6. The van der Waals surface area contributed by atoms with Gasteiger partial charge < -0.3 is 4.90 Å². The number of rotatable bonds is 4. The van der Waals surface area contributed by atoms with Crippen LogP contribution in [0.5, 0.6) is 0 Å². The Morgan fingerprint density at radius 3 is 2.76 bits per heavy atom. The van der Waals surface area contributed by atoms with Crippen LogP contribution in [0.2, 0.25) is 0 Å². The number of aromatic nitrogens is 4. The van der Waals surface area contributed by atoms with Gasteiger partial charge in [0.1, 0.15) is 17.0 Å². The minimum Gasteiger partial charge on any atom is -0.355 e. The largest absolute Gasteiger partial charge is 0.355 e. The van der Waals surface area contributed by atoms with Crippen LogP contribution >= 0.6 is 11.3 Å². The molecule has 5 rings (SSSR count). The van der Waals surface area contributed by atoms with Crippen molar-refractivity contribution in [2.24, 2.45) is 12.5 Å². The van der Waals surface area contributed by atoms with Crippen LogP contribution in [0.15, 0.2) is 24.7 Å². The van der Waals surface area contributed by atoms with Gasteiger partial charge in [-0.25, -0.2) is 9.97 Å². The van der Waals surface area contributed by atoms with Gasteiger partial charge in [0.15, 0.2) is 0 Å². The second-order valence-corrected chi connectivity index (χ2v) is 8.58. The van der Waals surface area contributed by atoms with Crippen molar-refractivity contribution in [3.8, 4) is 0 Å². The van der Waals surface area contributed by atoms with E-state index in [1.54, 1.807) is 17.7 Å². The first-order chi connectivity index (χ1) is 12.1. The van der Waals surface area contributed by atoms with Crippen molar-refractivity contribution in [2.45, 2.75) is 19.9 Å². The van der Waals surface area contributed by atoms with E-state index in [9.17, 15) is 0 Å². The number of hydrogen-bond donors (Lipinski definition) is 0. The van der Waals surface area contributed by atoms with Gasteiger partial charge in [-0.3, -0.25) is 9.58 Å². The van der Waals surface area contributed by atoms with Gasteiger partial charge in [-0.1, -0.05) is 6.92 Å². The number of likely N-dealkylation sites (tertiary alicyclic amines) is 1. The van der Waals surface area contributed by atoms with Crippen LogP contribution in [0.1, 0.15) is 17.5 Å². The molecule has 3 aromatic heterocycles. The number of aryl methyl sites for hydroxylation is 2. The van der Waals surface area contributed by atoms with Crippen LogP contribution in [-0.4, -0.2) is 50.8 Å². The van der Waals surface area contributed by atoms with Gasteiger partial charge in [0.05, 0.1) is 11.1 Å². The fourth-order valence-electron chi connectivity index (χ4n) is 4.22. The first-order valence-electron chi connectivity index (χ1n) is 8.83. The van der Waals surface area contributed by atoms with Gasteiger partial charge in [-0.05, 0) is 18.6 Å². The molecule has 0 amide bonds. The first-order valence-corrected chi connectivity index (χ1v) is 9.65. The Hall–Kier alpha value is -1.99. The SMILES string of the molecule is CCc1cc2c(N3CC4(CN(Cc5ccn(C)n5)C4)C3)ncnc2s1. The van der Waals surface area contributed by atoms with Crippen molar-refractivity contribution in [1.29, 1.82) is 0 Å². The molecule has 0 saturated carbocycles. The fraction of sp³-hybridized carbons (Fsp3) is 0.500. The van der Waals surface area contributed by atoms with Crippen molar-refractivity contribution in [2.75, 3.05) is 31.1 Å². The van der Waals surface area contributed by atoms with E-state index in [0.29, 0.717) is 5.41 Å². The second-order valence-electron chi connectivity index (χ2n) is 7.46. The van der Waals surface area contributed by atoms with E-state index in [0.717, 1.165) is 55.5 Å². The standard InChI is InChI=1S/C18H22N6S/c1-3-14-6-15-16(19-12-20-17(15)25-14)24-10-18(11-24)8-23(9-18)7-13-4-5-22(2)21-13/h4-6,12H,3,7-11H2,1-2H3. The van der Waals surface area contributed by atoms with Crippen LogP contribution in [0, 0.1) is 5.41 Å². The van der Waals surface area contributed by atoms with Crippen molar-refractivity contribution >= 4 is 27.4 Å². The fourth-order valence-corrected chi connectivity index (χ4v) is 5.15. The minimum atomic E-state index is 0.454. The Morgan fingerprint density at radius 2 is 2.04 bits per heavy atom. The van der Waals surface area contributed by atoms with E-state index in [2.05, 4.69) is 43.9 Å². The van der Waals surface area contributed by atoms with Crippen LogP contribution in [0.3, 0.4) is 0 Å². The average molecular weight is 354 g/mol. The summed E-state index contributed by atoms with van der Waals surface area (Å²) >= 11 is 1.79. The number of anilines is 1. The summed E-state index contributed by atoms with van der Waals surface area (Å²) in [5.41, 5.74) is 1.62. The molecule has 3 aromatic rings. The zero-order chi connectivity index (χ0) is 17.0. The maximum Gasteiger partial charge on any atom is 0.140 e. The molecule has 0 unspecified atom stereocenters. The molecule has 0 aromatic carbocycles. The van der Waals surface area contributed by atoms with E-state index >= 15 is 0 Å². The number of nitrogens with zero attached hydrogens (tertiary/aromatic N) is 6. The van der Waals surface area contributed by atoms with E-state index in [-0.39, 0.29) is 0 Å². The van der Waals surface area contributed by atoms with Crippen molar-refractivity contribution in [3.63, 3.8) is 0 Å². The third kappa shape index (κ3) is 2.53. The van der Waals surface area contributed by atoms with Gasteiger partial charge in [-0.15, -0.1) is 11.3 Å². The quantitative estimate of drug-likeness (QED) is 0.720. The Bertz CT molecular complexity index is 915. The molecule has 2 aliphatic rings. The Morgan fingerprint density at radius 1 is 1.20 bits per heavy atom. The van der Waals surface area contributed by atoms with Gasteiger partial charge in [0, 0.05) is 56.3 Å². The van der Waals surface area contributed by atoms with E-state index in [1.165, 1.54) is 10.3 Å². The Balaban J connectivity index is 1.25. The van der Waals surface area contributed by atoms with Crippen LogP contribution in [-0.2, 0) is 20.0 Å². The van der Waals surface area contributed by atoms with Crippen molar-refractivity contribution in [3.05, 3.63) is 35.2 Å². The molecule has 0 N–H and O–H groups in total. The highest BCUT2D eigenvalue weighted by Gasteiger charge is 2.52. The Kier molecular flexibility index (Phi) is 3.36. The van der Waals surface area contributed by atoms with Crippen molar-refractivity contribution < 1.29 is 0 Å². The third-order valence-corrected chi connectivity index (χ3v) is 6.52. The molecule has 2 fully saturated rings. The lowest BCUT2D eigenvalue weighted by Crippen LogP contribution is -2.72. The molecule has 7 heteroatoms. The predicted molar refractivity (Wildman–Crippen MR) is 99.9 cm³/mol. The highest BCUT2D eigenvalue weighted by Crippen LogP contribution is 2.43. The zero-order valence-corrected chi connectivity index (χ0v) is 15.5. The molecule has 1 spiro atoms. The molecule has 0 bridgehead atoms. The lowest BCUT2D eigenvalue weighted by molar-refractivity contribution is -0.0283. The monoisotopic (exact) mass is 354 g/mol. The molecule has 2 saturated heterocycles. The maximum atomic E-state index is 4.59. The van der Waals surface area contributed by atoms with Gasteiger partial charge in [0.25, 0.3) is 0 Å². The number of hydrogen-bond acceptors (Lipinski definition) is 6. The molecule has 25 heavy (non-hydrogen) atoms. The summed E-state index contributed by atoms with van der Waals surface area (Å²) in [5.74, 6) is 1.12. The molecule has 0 aliphatic carbocycles. The third-order valence-electron chi connectivity index (χ3n) is 5.33.